The number of aromatic nitrogens is 1. The summed E-state index contributed by atoms with van der Waals surface area (Å²) < 4.78 is 25.9. The number of sulfonamides is 1. The van der Waals surface area contributed by atoms with Gasteiger partial charge in [0.25, 0.3) is 0 Å². The molecule has 1 aromatic heterocycles. The van der Waals surface area contributed by atoms with Crippen molar-refractivity contribution in [3.8, 4) is 0 Å². The molecule has 1 saturated heterocycles. The minimum Gasteiger partial charge on any atom is -0.395 e. The summed E-state index contributed by atoms with van der Waals surface area (Å²) in [6.45, 7) is 0.246. The number of nitrogens with zero attached hydrogens (tertiary/aromatic N) is 2. The van der Waals surface area contributed by atoms with Gasteiger partial charge in [0.05, 0.1) is 6.61 Å². The van der Waals surface area contributed by atoms with E-state index in [1.165, 1.54) is 22.6 Å². The van der Waals surface area contributed by atoms with Crippen LogP contribution in [0, 0.1) is 0 Å². The van der Waals surface area contributed by atoms with Crippen LogP contribution in [0.2, 0.25) is 5.15 Å². The smallest absolute Gasteiger partial charge is 0.246 e. The van der Waals surface area contributed by atoms with Gasteiger partial charge in [0.2, 0.25) is 10.0 Å². The van der Waals surface area contributed by atoms with Crippen LogP contribution in [0.1, 0.15) is 12.8 Å². The zero-order valence-electron chi connectivity index (χ0n) is 9.08. The maximum Gasteiger partial charge on any atom is 0.246 e. The fourth-order valence-corrected chi connectivity index (χ4v) is 4.11. The lowest BCUT2D eigenvalue weighted by atomic mass is 10.2. The predicted octanol–water partition coefficient (Wildman–Crippen LogP) is 0.880. The number of halogens is 1. The molecule has 17 heavy (non-hydrogen) atoms. The molecule has 1 aliphatic rings. The molecule has 7 heteroatoms. The topological polar surface area (TPSA) is 70.5 Å². The molecule has 1 aromatic rings. The summed E-state index contributed by atoms with van der Waals surface area (Å²) in [4.78, 5) is 3.77. The van der Waals surface area contributed by atoms with Crippen LogP contribution in [-0.4, -0.2) is 42.0 Å². The molecule has 2 rings (SSSR count). The first kappa shape index (κ1) is 12.8. The Morgan fingerprint density at radius 1 is 1.59 bits per heavy atom. The van der Waals surface area contributed by atoms with Crippen molar-refractivity contribution in [2.24, 2.45) is 0 Å². The molecule has 0 saturated carbocycles. The van der Waals surface area contributed by atoms with Gasteiger partial charge in [-0.25, -0.2) is 13.4 Å². The van der Waals surface area contributed by atoms with E-state index in [0.29, 0.717) is 13.0 Å². The van der Waals surface area contributed by atoms with Crippen LogP contribution < -0.4 is 0 Å². The normalized spacial score (nSPS) is 21.9. The summed E-state index contributed by atoms with van der Waals surface area (Å²) in [5, 5.41) is 9.13. The third kappa shape index (κ3) is 2.30. The molecule has 1 atom stereocenters. The Kier molecular flexibility index (Phi) is 3.67. The second-order valence-corrected chi connectivity index (χ2v) is 6.10. The van der Waals surface area contributed by atoms with Crippen molar-refractivity contribution in [1.82, 2.24) is 9.29 Å². The third-order valence-electron chi connectivity index (χ3n) is 2.85. The molecule has 0 aliphatic carbocycles. The van der Waals surface area contributed by atoms with Crippen molar-refractivity contribution >= 4 is 21.6 Å². The van der Waals surface area contributed by atoms with E-state index in [0.717, 1.165) is 6.42 Å². The fourth-order valence-electron chi connectivity index (χ4n) is 2.00. The number of aliphatic hydroxyl groups is 1. The quantitative estimate of drug-likeness (QED) is 0.832. The zero-order valence-corrected chi connectivity index (χ0v) is 10.7. The van der Waals surface area contributed by atoms with E-state index >= 15 is 0 Å². The molecule has 0 radical (unpaired) electrons. The highest BCUT2D eigenvalue weighted by Crippen LogP contribution is 2.28. The molecule has 5 nitrogen and oxygen atoms in total. The molecule has 94 valence electrons. The maximum atomic E-state index is 12.3. The van der Waals surface area contributed by atoms with Gasteiger partial charge in [0.15, 0.2) is 0 Å². The number of aliphatic hydroxyl groups excluding tert-OH is 1. The SMILES string of the molecule is O=S(=O)(c1cccnc1Cl)N1CCCC1CO. The largest absolute Gasteiger partial charge is 0.395 e. The lowest BCUT2D eigenvalue weighted by molar-refractivity contribution is 0.213. The highest BCUT2D eigenvalue weighted by Gasteiger charge is 2.36. The lowest BCUT2D eigenvalue weighted by Crippen LogP contribution is -2.37. The van der Waals surface area contributed by atoms with Gasteiger partial charge >= 0.3 is 0 Å². The van der Waals surface area contributed by atoms with Crippen molar-refractivity contribution in [2.45, 2.75) is 23.8 Å². The van der Waals surface area contributed by atoms with Gasteiger partial charge in [-0.05, 0) is 25.0 Å². The van der Waals surface area contributed by atoms with Gasteiger partial charge in [-0.15, -0.1) is 0 Å². The Morgan fingerprint density at radius 2 is 2.35 bits per heavy atom. The molecule has 0 amide bonds. The Labute approximate surface area is 105 Å². The summed E-state index contributed by atoms with van der Waals surface area (Å²) in [5.74, 6) is 0. The standard InChI is InChI=1S/C10H13ClN2O3S/c11-10-9(4-1-5-12-10)17(15,16)13-6-2-3-8(13)7-14/h1,4-5,8,14H,2-3,6-7H2. The van der Waals surface area contributed by atoms with Crippen molar-refractivity contribution in [3.05, 3.63) is 23.5 Å². The van der Waals surface area contributed by atoms with Gasteiger partial charge in [-0.1, -0.05) is 11.6 Å². The lowest BCUT2D eigenvalue weighted by Gasteiger charge is -2.22. The van der Waals surface area contributed by atoms with Gasteiger partial charge < -0.3 is 5.11 Å². The van der Waals surface area contributed by atoms with E-state index in [9.17, 15) is 8.42 Å². The van der Waals surface area contributed by atoms with Crippen LogP contribution in [0.25, 0.3) is 0 Å². The minimum absolute atomic E-state index is 0.00187. The molecule has 1 fully saturated rings. The van der Waals surface area contributed by atoms with Crippen LogP contribution in [0.5, 0.6) is 0 Å². The minimum atomic E-state index is -3.65. The Hall–Kier alpha value is -0.690. The van der Waals surface area contributed by atoms with Crippen LogP contribution in [0.3, 0.4) is 0 Å². The number of hydrogen-bond donors (Lipinski definition) is 1. The van der Waals surface area contributed by atoms with Crippen molar-refractivity contribution in [2.75, 3.05) is 13.2 Å². The van der Waals surface area contributed by atoms with E-state index < -0.39 is 10.0 Å². The monoisotopic (exact) mass is 276 g/mol. The third-order valence-corrected chi connectivity index (χ3v) is 5.24. The highest BCUT2D eigenvalue weighted by molar-refractivity contribution is 7.89. The van der Waals surface area contributed by atoms with Gasteiger partial charge in [0, 0.05) is 18.8 Å². The van der Waals surface area contributed by atoms with Crippen molar-refractivity contribution in [3.63, 3.8) is 0 Å². The Balaban J connectivity index is 2.40. The zero-order chi connectivity index (χ0) is 12.5. The first-order valence-electron chi connectivity index (χ1n) is 5.30. The van der Waals surface area contributed by atoms with E-state index in [2.05, 4.69) is 4.98 Å². The summed E-state index contributed by atoms with van der Waals surface area (Å²) in [7, 11) is -3.65. The first-order chi connectivity index (χ1) is 8.07. The van der Waals surface area contributed by atoms with Crippen molar-refractivity contribution < 1.29 is 13.5 Å². The van der Waals surface area contributed by atoms with Gasteiger partial charge in [-0.3, -0.25) is 0 Å². The van der Waals surface area contributed by atoms with E-state index in [-0.39, 0.29) is 22.7 Å². The molecule has 0 aromatic carbocycles. The van der Waals surface area contributed by atoms with Gasteiger partial charge in [0.1, 0.15) is 10.0 Å². The molecular weight excluding hydrogens is 264 g/mol. The number of rotatable bonds is 3. The van der Waals surface area contributed by atoms with Crippen LogP contribution in [-0.2, 0) is 10.0 Å². The highest BCUT2D eigenvalue weighted by atomic mass is 35.5. The van der Waals surface area contributed by atoms with Crippen molar-refractivity contribution in [1.29, 1.82) is 0 Å². The summed E-state index contributed by atoms with van der Waals surface area (Å²) in [6.07, 6.45) is 2.87. The fraction of sp³-hybridized carbons (Fsp3) is 0.500. The summed E-state index contributed by atoms with van der Waals surface area (Å²) in [6, 6.07) is 2.61. The van der Waals surface area contributed by atoms with Crippen LogP contribution in [0.4, 0.5) is 0 Å². The summed E-state index contributed by atoms with van der Waals surface area (Å²) in [5.41, 5.74) is 0. The molecule has 1 N–H and O–H groups in total. The Morgan fingerprint density at radius 3 is 3.00 bits per heavy atom. The van der Waals surface area contributed by atoms with E-state index in [1.807, 2.05) is 0 Å². The van der Waals surface area contributed by atoms with E-state index in [1.54, 1.807) is 0 Å². The maximum absolute atomic E-state index is 12.3. The van der Waals surface area contributed by atoms with E-state index in [4.69, 9.17) is 16.7 Å². The van der Waals surface area contributed by atoms with Crippen LogP contribution >= 0.6 is 11.6 Å². The molecule has 1 unspecified atom stereocenters. The molecular formula is C10H13ClN2O3S. The second-order valence-electron chi connectivity index (χ2n) is 3.89. The summed E-state index contributed by atoms with van der Waals surface area (Å²) >= 11 is 5.80. The number of hydrogen-bond acceptors (Lipinski definition) is 4. The van der Waals surface area contributed by atoms with Gasteiger partial charge in [-0.2, -0.15) is 4.31 Å². The van der Waals surface area contributed by atoms with Crippen LogP contribution in [0.15, 0.2) is 23.2 Å². The molecule has 1 aliphatic heterocycles. The molecule has 0 bridgehead atoms. The molecule has 0 spiro atoms. The average Bonchev–Trinajstić information content (AvgIpc) is 2.78. The second kappa shape index (κ2) is 4.89. The predicted molar refractivity (Wildman–Crippen MR) is 63.2 cm³/mol. The molecule has 2 heterocycles. The first-order valence-corrected chi connectivity index (χ1v) is 7.12. The Bertz CT molecular complexity index is 506. The average molecular weight is 277 g/mol. The number of pyridine rings is 1.